The van der Waals surface area contributed by atoms with Gasteiger partial charge in [-0.2, -0.15) is 0 Å². The topological polar surface area (TPSA) is 37.3 Å². The zero-order valence-electron chi connectivity index (χ0n) is 12.6. The van der Waals surface area contributed by atoms with Gasteiger partial charge in [-0.1, -0.05) is 51.4 Å². The van der Waals surface area contributed by atoms with Crippen LogP contribution in [-0.4, -0.2) is 16.7 Å². The van der Waals surface area contributed by atoms with E-state index in [0.29, 0.717) is 11.8 Å². The monoisotopic (exact) mass is 284 g/mol. The lowest BCUT2D eigenvalue weighted by atomic mass is 9.41. The Morgan fingerprint density at radius 2 is 1.30 bits per heavy atom. The molecular formula is C17H29FO2. The minimum absolute atomic E-state index is 0.321. The molecule has 116 valence electrons. The first-order valence-electron chi connectivity index (χ1n) is 8.45. The number of carboxylic acids is 1. The maximum atomic E-state index is 13.3. The largest absolute Gasteiger partial charge is 0.481 e. The molecule has 0 aromatic rings. The highest BCUT2D eigenvalue weighted by Gasteiger charge is 2.68. The number of aliphatic carboxylic acids is 1. The molecule has 3 aliphatic rings. The Labute approximate surface area is 122 Å². The van der Waals surface area contributed by atoms with Crippen LogP contribution in [0.2, 0.25) is 0 Å². The fourth-order valence-electron chi connectivity index (χ4n) is 4.14. The highest BCUT2D eigenvalue weighted by molar-refractivity contribution is 5.66. The predicted molar refractivity (Wildman–Crippen MR) is 78.5 cm³/mol. The third-order valence-corrected chi connectivity index (χ3v) is 5.17. The predicted octanol–water partition coefficient (Wildman–Crippen LogP) is 5.25. The van der Waals surface area contributed by atoms with E-state index in [2.05, 4.69) is 0 Å². The molecule has 0 spiro atoms. The molecule has 2 bridgehead atoms. The Morgan fingerprint density at radius 1 is 0.850 bits per heavy atom. The van der Waals surface area contributed by atoms with Crippen molar-refractivity contribution >= 4 is 5.97 Å². The molecule has 3 heteroatoms. The number of carboxylic acid groups (broad SMARTS) is 1. The standard InChI is InChI=1S/C17H29FO2/c18-17-12-16(13-17,14-17)11-9-7-5-3-1-2-4-6-8-10-15(19)20/h1-14H2,(H,19,20). The minimum atomic E-state index is -0.722. The van der Waals surface area contributed by atoms with Crippen molar-refractivity contribution in [3.8, 4) is 0 Å². The van der Waals surface area contributed by atoms with E-state index in [4.69, 9.17) is 5.11 Å². The van der Waals surface area contributed by atoms with Crippen LogP contribution in [0.25, 0.3) is 0 Å². The van der Waals surface area contributed by atoms with Gasteiger partial charge in [-0.15, -0.1) is 0 Å². The van der Waals surface area contributed by atoms with Gasteiger partial charge in [0.25, 0.3) is 0 Å². The summed E-state index contributed by atoms with van der Waals surface area (Å²) in [4.78, 5) is 10.3. The van der Waals surface area contributed by atoms with Crippen LogP contribution in [0, 0.1) is 5.41 Å². The summed E-state index contributed by atoms with van der Waals surface area (Å²) >= 11 is 0. The van der Waals surface area contributed by atoms with Crippen LogP contribution in [0.3, 0.4) is 0 Å². The Balaban J connectivity index is 1.29. The highest BCUT2D eigenvalue weighted by atomic mass is 19.1. The SMILES string of the molecule is O=C(O)CCCCCCCCCCCC12CC(F)(C1)C2. The zero-order chi connectivity index (χ0) is 14.5. The summed E-state index contributed by atoms with van der Waals surface area (Å²) in [5.74, 6) is -0.674. The van der Waals surface area contributed by atoms with Crippen molar-refractivity contribution in [2.45, 2.75) is 95.6 Å². The molecule has 0 radical (unpaired) electrons. The summed E-state index contributed by atoms with van der Waals surface area (Å²) in [6.45, 7) is 0. The second kappa shape index (κ2) is 6.91. The molecule has 20 heavy (non-hydrogen) atoms. The number of hydrogen-bond donors (Lipinski definition) is 1. The molecule has 3 saturated carbocycles. The first kappa shape index (κ1) is 15.8. The second-order valence-electron chi connectivity index (χ2n) is 7.26. The van der Waals surface area contributed by atoms with E-state index in [-0.39, 0.29) is 0 Å². The number of rotatable bonds is 12. The van der Waals surface area contributed by atoms with E-state index < -0.39 is 11.6 Å². The van der Waals surface area contributed by atoms with Crippen molar-refractivity contribution in [2.75, 3.05) is 0 Å². The molecule has 0 unspecified atom stereocenters. The van der Waals surface area contributed by atoms with Crippen LogP contribution in [0.1, 0.15) is 89.9 Å². The Bertz CT molecular complexity index is 307. The van der Waals surface area contributed by atoms with Gasteiger partial charge < -0.3 is 5.11 Å². The smallest absolute Gasteiger partial charge is 0.303 e. The Hall–Kier alpha value is -0.600. The maximum Gasteiger partial charge on any atom is 0.303 e. The van der Waals surface area contributed by atoms with Crippen molar-refractivity contribution in [3.05, 3.63) is 0 Å². The van der Waals surface area contributed by atoms with Crippen LogP contribution in [-0.2, 0) is 4.79 Å². The minimum Gasteiger partial charge on any atom is -0.481 e. The average Bonchev–Trinajstić information content (AvgIpc) is 2.31. The lowest BCUT2D eigenvalue weighted by Gasteiger charge is -2.66. The van der Waals surface area contributed by atoms with Gasteiger partial charge in [-0.3, -0.25) is 4.79 Å². The van der Waals surface area contributed by atoms with Gasteiger partial charge in [0.2, 0.25) is 0 Å². The number of hydrogen-bond acceptors (Lipinski definition) is 1. The van der Waals surface area contributed by atoms with Gasteiger partial charge in [0.15, 0.2) is 0 Å². The van der Waals surface area contributed by atoms with Gasteiger partial charge in [0, 0.05) is 6.42 Å². The fourth-order valence-corrected chi connectivity index (χ4v) is 4.14. The Kier molecular flexibility index (Phi) is 5.45. The van der Waals surface area contributed by atoms with Crippen molar-refractivity contribution in [3.63, 3.8) is 0 Å². The molecule has 0 atom stereocenters. The van der Waals surface area contributed by atoms with Gasteiger partial charge in [-0.25, -0.2) is 4.39 Å². The van der Waals surface area contributed by atoms with Crippen molar-refractivity contribution in [1.29, 1.82) is 0 Å². The lowest BCUT2D eigenvalue weighted by Crippen LogP contribution is -2.64. The summed E-state index contributed by atoms with van der Waals surface area (Å²) in [5, 5.41) is 8.51. The number of halogens is 1. The molecule has 3 fully saturated rings. The third-order valence-electron chi connectivity index (χ3n) is 5.17. The summed E-state index contributed by atoms with van der Waals surface area (Å²) in [6.07, 6.45) is 14.9. The lowest BCUT2D eigenvalue weighted by molar-refractivity contribution is -0.217. The first-order valence-corrected chi connectivity index (χ1v) is 8.45. The first-order chi connectivity index (χ1) is 9.54. The van der Waals surface area contributed by atoms with Gasteiger partial charge >= 0.3 is 5.97 Å². The molecule has 0 aliphatic heterocycles. The van der Waals surface area contributed by atoms with Gasteiger partial charge in [0.1, 0.15) is 5.67 Å². The fraction of sp³-hybridized carbons (Fsp3) is 0.941. The van der Waals surface area contributed by atoms with Gasteiger partial charge in [-0.05, 0) is 37.5 Å². The molecule has 0 aromatic heterocycles. The van der Waals surface area contributed by atoms with E-state index in [9.17, 15) is 9.18 Å². The quantitative estimate of drug-likeness (QED) is 0.497. The summed E-state index contributed by atoms with van der Waals surface area (Å²) in [6, 6.07) is 0. The summed E-state index contributed by atoms with van der Waals surface area (Å²) in [7, 11) is 0. The molecule has 3 rings (SSSR count). The second-order valence-corrected chi connectivity index (χ2v) is 7.26. The molecule has 0 heterocycles. The van der Waals surface area contributed by atoms with Crippen molar-refractivity contribution in [2.24, 2.45) is 5.41 Å². The van der Waals surface area contributed by atoms with Crippen LogP contribution < -0.4 is 0 Å². The van der Waals surface area contributed by atoms with Crippen LogP contribution in [0.5, 0.6) is 0 Å². The van der Waals surface area contributed by atoms with E-state index in [0.717, 1.165) is 32.1 Å². The molecule has 1 N–H and O–H groups in total. The molecule has 2 nitrogen and oxygen atoms in total. The van der Waals surface area contributed by atoms with Crippen LogP contribution >= 0.6 is 0 Å². The number of carbonyl (C=O) groups is 1. The average molecular weight is 284 g/mol. The highest BCUT2D eigenvalue weighted by Crippen LogP contribution is 2.71. The molecule has 0 aromatic carbocycles. The van der Waals surface area contributed by atoms with E-state index in [1.807, 2.05) is 0 Å². The summed E-state index contributed by atoms with van der Waals surface area (Å²) in [5.41, 5.74) is -0.278. The van der Waals surface area contributed by atoms with Crippen molar-refractivity contribution in [1.82, 2.24) is 0 Å². The Morgan fingerprint density at radius 3 is 1.75 bits per heavy atom. The third kappa shape index (κ3) is 4.46. The summed E-state index contributed by atoms with van der Waals surface area (Å²) < 4.78 is 13.3. The zero-order valence-corrected chi connectivity index (χ0v) is 12.6. The molecule has 3 aliphatic carbocycles. The maximum absolute atomic E-state index is 13.3. The molecule has 0 saturated heterocycles. The van der Waals surface area contributed by atoms with E-state index in [1.165, 1.54) is 51.4 Å². The molecular weight excluding hydrogens is 255 g/mol. The van der Waals surface area contributed by atoms with Gasteiger partial charge in [0.05, 0.1) is 0 Å². The molecule has 0 amide bonds. The van der Waals surface area contributed by atoms with E-state index in [1.54, 1.807) is 0 Å². The van der Waals surface area contributed by atoms with Crippen molar-refractivity contribution < 1.29 is 14.3 Å². The normalized spacial score (nSPS) is 30.6. The van der Waals surface area contributed by atoms with Crippen LogP contribution in [0.15, 0.2) is 0 Å². The number of alkyl halides is 1. The van der Waals surface area contributed by atoms with E-state index >= 15 is 0 Å². The number of unbranched alkanes of at least 4 members (excludes halogenated alkanes) is 8. The van der Waals surface area contributed by atoms with Crippen LogP contribution in [0.4, 0.5) is 4.39 Å².